The summed E-state index contributed by atoms with van der Waals surface area (Å²) in [6.07, 6.45) is 9.24. The van der Waals surface area contributed by atoms with Gasteiger partial charge >= 0.3 is 0 Å². The summed E-state index contributed by atoms with van der Waals surface area (Å²) in [4.78, 5) is 14.9. The summed E-state index contributed by atoms with van der Waals surface area (Å²) in [5.41, 5.74) is 0.562. The number of hydrogen-bond acceptors (Lipinski definition) is 3. The first-order valence-electron chi connectivity index (χ1n) is 11.0. The summed E-state index contributed by atoms with van der Waals surface area (Å²) in [5, 5.41) is 10.3. The predicted octanol–water partition coefficient (Wildman–Crippen LogP) is 4.14. The van der Waals surface area contributed by atoms with E-state index in [4.69, 9.17) is 0 Å². The molecule has 0 bridgehead atoms. The van der Waals surface area contributed by atoms with Crippen LogP contribution in [0, 0.1) is 40.4 Å². The average molecular weight is 362 g/mol. The van der Waals surface area contributed by atoms with Crippen molar-refractivity contribution in [3.63, 3.8) is 0 Å². The van der Waals surface area contributed by atoms with Crippen molar-refractivity contribution in [3.05, 3.63) is 0 Å². The van der Waals surface area contributed by atoms with Crippen LogP contribution in [0.4, 0.5) is 0 Å². The van der Waals surface area contributed by atoms with Crippen LogP contribution in [0.1, 0.15) is 72.1 Å². The summed E-state index contributed by atoms with van der Waals surface area (Å²) >= 11 is 0. The highest BCUT2D eigenvalue weighted by atomic mass is 16.3. The summed E-state index contributed by atoms with van der Waals surface area (Å²) in [6, 6.07) is 0.573. The molecule has 3 nitrogen and oxygen atoms in total. The molecular formula is C23H39NO2. The molecule has 4 aliphatic carbocycles. The van der Waals surface area contributed by atoms with Crippen LogP contribution in [0.25, 0.3) is 0 Å². The van der Waals surface area contributed by atoms with Gasteiger partial charge in [0.05, 0.1) is 6.10 Å². The molecule has 0 aromatic heterocycles. The van der Waals surface area contributed by atoms with E-state index < -0.39 is 0 Å². The van der Waals surface area contributed by atoms with E-state index in [2.05, 4.69) is 32.8 Å². The number of Topliss-reactive ketones (excluding diaryl/α,β-unsaturated/α-hetero) is 1. The highest BCUT2D eigenvalue weighted by Crippen LogP contribution is 2.68. The molecule has 4 rings (SSSR count). The molecule has 9 atom stereocenters. The third-order valence-corrected chi connectivity index (χ3v) is 9.72. The van der Waals surface area contributed by atoms with Gasteiger partial charge in [-0.15, -0.1) is 0 Å². The summed E-state index contributed by atoms with van der Waals surface area (Å²) in [6.45, 7) is 6.83. The van der Waals surface area contributed by atoms with Crippen molar-refractivity contribution >= 4 is 5.78 Å². The molecule has 26 heavy (non-hydrogen) atoms. The molecule has 0 amide bonds. The van der Waals surface area contributed by atoms with Crippen molar-refractivity contribution in [1.82, 2.24) is 4.90 Å². The largest absolute Gasteiger partial charge is 0.393 e. The number of nitrogens with zero attached hydrogens (tertiary/aromatic N) is 1. The van der Waals surface area contributed by atoms with Gasteiger partial charge in [0.15, 0.2) is 0 Å². The monoisotopic (exact) mass is 361 g/mol. The lowest BCUT2D eigenvalue weighted by Crippen LogP contribution is -2.62. The van der Waals surface area contributed by atoms with Gasteiger partial charge in [-0.05, 0) is 107 Å². The van der Waals surface area contributed by atoms with Crippen molar-refractivity contribution in [2.75, 3.05) is 14.1 Å². The first-order chi connectivity index (χ1) is 12.2. The fourth-order valence-electron chi connectivity index (χ4n) is 8.53. The van der Waals surface area contributed by atoms with Crippen LogP contribution < -0.4 is 0 Å². The van der Waals surface area contributed by atoms with Gasteiger partial charge in [-0.25, -0.2) is 0 Å². The normalized spacial score (nSPS) is 53.7. The fraction of sp³-hybridized carbons (Fsp3) is 0.957. The summed E-state index contributed by atoms with van der Waals surface area (Å²) in [7, 11) is 4.52. The molecule has 0 aliphatic heterocycles. The third kappa shape index (κ3) is 2.56. The number of hydrogen-bond donors (Lipinski definition) is 1. The highest BCUT2D eigenvalue weighted by Gasteiger charge is 2.63. The minimum absolute atomic E-state index is 0.0788. The van der Waals surface area contributed by atoms with E-state index in [-0.39, 0.29) is 17.4 Å². The Morgan fingerprint density at radius 1 is 1.04 bits per heavy atom. The summed E-state index contributed by atoms with van der Waals surface area (Å²) < 4.78 is 0. The van der Waals surface area contributed by atoms with Gasteiger partial charge in [0.25, 0.3) is 0 Å². The Kier molecular flexibility index (Phi) is 4.59. The molecule has 4 aliphatic rings. The predicted molar refractivity (Wildman–Crippen MR) is 105 cm³/mol. The van der Waals surface area contributed by atoms with Crippen LogP contribution >= 0.6 is 0 Å². The number of aliphatic hydroxyl groups is 1. The Balaban J connectivity index is 1.73. The Labute approximate surface area is 159 Å². The van der Waals surface area contributed by atoms with Gasteiger partial charge in [-0.1, -0.05) is 13.8 Å². The molecule has 4 fully saturated rings. The third-order valence-electron chi connectivity index (χ3n) is 9.72. The molecule has 0 heterocycles. The first kappa shape index (κ1) is 18.9. The first-order valence-corrected chi connectivity index (χ1v) is 11.0. The van der Waals surface area contributed by atoms with E-state index in [0.29, 0.717) is 23.2 Å². The van der Waals surface area contributed by atoms with E-state index in [1.807, 2.05) is 6.92 Å². The van der Waals surface area contributed by atoms with Gasteiger partial charge in [-0.2, -0.15) is 0 Å². The van der Waals surface area contributed by atoms with Crippen LogP contribution in [0.15, 0.2) is 0 Å². The van der Waals surface area contributed by atoms with E-state index >= 15 is 0 Å². The van der Waals surface area contributed by atoms with Gasteiger partial charge in [0.2, 0.25) is 0 Å². The van der Waals surface area contributed by atoms with Crippen molar-refractivity contribution in [3.8, 4) is 0 Å². The lowest BCUT2D eigenvalue weighted by molar-refractivity contribution is -0.160. The Morgan fingerprint density at radius 3 is 2.42 bits per heavy atom. The zero-order valence-corrected chi connectivity index (χ0v) is 17.5. The molecule has 0 spiro atoms. The van der Waals surface area contributed by atoms with Crippen molar-refractivity contribution in [2.45, 2.75) is 84.3 Å². The molecule has 0 aromatic rings. The Morgan fingerprint density at radius 2 is 1.77 bits per heavy atom. The molecule has 0 radical (unpaired) electrons. The van der Waals surface area contributed by atoms with Gasteiger partial charge in [0.1, 0.15) is 5.78 Å². The highest BCUT2D eigenvalue weighted by molar-refractivity contribution is 5.79. The second-order valence-corrected chi connectivity index (χ2v) is 11.0. The maximum absolute atomic E-state index is 12.4. The van der Waals surface area contributed by atoms with Gasteiger partial charge < -0.3 is 10.0 Å². The second kappa shape index (κ2) is 6.30. The maximum Gasteiger partial charge on any atom is 0.133 e. The number of carbonyl (C=O) groups excluding carboxylic acids is 1. The van der Waals surface area contributed by atoms with E-state index in [1.54, 1.807) is 0 Å². The molecule has 4 unspecified atom stereocenters. The zero-order valence-electron chi connectivity index (χ0n) is 17.5. The number of aliphatic hydroxyl groups excluding tert-OH is 1. The minimum Gasteiger partial charge on any atom is -0.393 e. The smallest absolute Gasteiger partial charge is 0.133 e. The molecule has 4 saturated carbocycles. The van der Waals surface area contributed by atoms with Crippen molar-refractivity contribution in [1.29, 1.82) is 0 Å². The fourth-order valence-corrected chi connectivity index (χ4v) is 8.53. The van der Waals surface area contributed by atoms with E-state index in [9.17, 15) is 9.90 Å². The quantitative estimate of drug-likeness (QED) is 0.804. The van der Waals surface area contributed by atoms with Crippen molar-refractivity contribution < 1.29 is 9.90 Å². The van der Waals surface area contributed by atoms with E-state index in [1.165, 1.54) is 32.1 Å². The van der Waals surface area contributed by atoms with Crippen LogP contribution in [0.5, 0.6) is 0 Å². The topological polar surface area (TPSA) is 40.5 Å². The summed E-state index contributed by atoms with van der Waals surface area (Å²) in [5.74, 6) is 3.60. The average Bonchev–Trinajstić information content (AvgIpc) is 2.91. The van der Waals surface area contributed by atoms with Crippen LogP contribution in [-0.2, 0) is 4.79 Å². The Hall–Kier alpha value is -0.410. The Bertz CT molecular complexity index is 575. The lowest BCUT2D eigenvalue weighted by Gasteiger charge is -2.64. The molecule has 3 heteroatoms. The molecule has 0 saturated heterocycles. The van der Waals surface area contributed by atoms with Crippen LogP contribution in [0.2, 0.25) is 0 Å². The maximum atomic E-state index is 12.4. The molecule has 1 N–H and O–H groups in total. The lowest BCUT2D eigenvalue weighted by atomic mass is 9.43. The van der Waals surface area contributed by atoms with Crippen molar-refractivity contribution in [2.24, 2.45) is 40.4 Å². The van der Waals surface area contributed by atoms with E-state index in [0.717, 1.165) is 37.0 Å². The standard InChI is InChI=1S/C23H39NO2/c1-14(25)18-8-9-19-17-7-6-15-12-16(26)10-11-22(15,2)21(17)20(24(4)5)13-23(18,19)3/h15-21,26H,6-13H2,1-5H3/t15?,16-,17+,18-,19?,20?,21?,22+,23-/m1/s1. The SMILES string of the molecule is CC(=O)[C@H]1CCC2[C@@H]3CCC4C[C@H](O)CC[C@]4(C)C3C(N(C)C)C[C@@]21C. The zero-order chi connectivity index (χ0) is 18.9. The molecular weight excluding hydrogens is 322 g/mol. The number of rotatable bonds is 2. The number of ketones is 1. The molecule has 148 valence electrons. The number of fused-ring (bicyclic) bond motifs is 5. The van der Waals surface area contributed by atoms with Crippen LogP contribution in [-0.4, -0.2) is 42.0 Å². The number of carbonyl (C=O) groups is 1. The van der Waals surface area contributed by atoms with Gasteiger partial charge in [-0.3, -0.25) is 4.79 Å². The molecule has 0 aromatic carbocycles. The second-order valence-electron chi connectivity index (χ2n) is 11.0. The minimum atomic E-state index is -0.0788. The van der Waals surface area contributed by atoms with Crippen LogP contribution in [0.3, 0.4) is 0 Å². The van der Waals surface area contributed by atoms with Gasteiger partial charge in [0, 0.05) is 12.0 Å².